The summed E-state index contributed by atoms with van der Waals surface area (Å²) in [6.07, 6.45) is 1.31. The van der Waals surface area contributed by atoms with Crippen molar-refractivity contribution in [2.75, 3.05) is 13.1 Å². The zero-order chi connectivity index (χ0) is 9.68. The molecule has 1 N–H and O–H groups in total. The average molecular weight is 187 g/mol. The van der Waals surface area contributed by atoms with E-state index in [-0.39, 0.29) is 12.2 Å². The molecule has 0 aromatic heterocycles. The lowest BCUT2D eigenvalue weighted by molar-refractivity contribution is 0.000851. The van der Waals surface area contributed by atoms with Crippen molar-refractivity contribution in [2.45, 2.75) is 38.9 Å². The Morgan fingerprint density at radius 2 is 2.31 bits per heavy atom. The van der Waals surface area contributed by atoms with Gasteiger partial charge in [-0.15, -0.1) is 0 Å². The van der Waals surface area contributed by atoms with Crippen molar-refractivity contribution in [3.8, 4) is 0 Å². The maximum absolute atomic E-state index is 11.0. The van der Waals surface area contributed by atoms with Crippen LogP contribution in [-0.2, 0) is 9.47 Å². The molecule has 0 amide bonds. The molecule has 0 aromatic carbocycles. The van der Waals surface area contributed by atoms with Crippen molar-refractivity contribution in [3.05, 3.63) is 0 Å². The van der Waals surface area contributed by atoms with E-state index in [0.717, 1.165) is 25.9 Å². The number of ether oxygens (including phenoxy) is 2. The minimum Gasteiger partial charge on any atom is -0.432 e. The number of hydrogen-bond donors (Lipinski definition) is 1. The summed E-state index contributed by atoms with van der Waals surface area (Å²) >= 11 is 0. The lowest BCUT2D eigenvalue weighted by Crippen LogP contribution is -2.37. The van der Waals surface area contributed by atoms with Crippen LogP contribution in [0.15, 0.2) is 0 Å². The summed E-state index contributed by atoms with van der Waals surface area (Å²) in [7, 11) is 0. The third-order valence-electron chi connectivity index (χ3n) is 1.85. The summed E-state index contributed by atoms with van der Waals surface area (Å²) < 4.78 is 9.94. The summed E-state index contributed by atoms with van der Waals surface area (Å²) in [5.41, 5.74) is 0. The topological polar surface area (TPSA) is 47.6 Å². The fraction of sp³-hybridized carbons (Fsp3) is 0.889. The molecular weight excluding hydrogens is 170 g/mol. The monoisotopic (exact) mass is 187 g/mol. The number of nitrogens with one attached hydrogen (secondary N) is 1. The van der Waals surface area contributed by atoms with Crippen molar-refractivity contribution in [3.63, 3.8) is 0 Å². The van der Waals surface area contributed by atoms with Crippen molar-refractivity contribution in [1.82, 2.24) is 5.32 Å². The fourth-order valence-electron chi connectivity index (χ4n) is 1.28. The highest BCUT2D eigenvalue weighted by Crippen LogP contribution is 2.07. The van der Waals surface area contributed by atoms with Gasteiger partial charge in [-0.1, -0.05) is 0 Å². The van der Waals surface area contributed by atoms with Crippen LogP contribution in [0.2, 0.25) is 0 Å². The van der Waals surface area contributed by atoms with Gasteiger partial charge in [-0.3, -0.25) is 0 Å². The summed E-state index contributed by atoms with van der Waals surface area (Å²) in [5.74, 6) is 0. The first kappa shape index (κ1) is 10.3. The minimum absolute atomic E-state index is 0.0139. The minimum atomic E-state index is -0.552. The second-order valence-electron chi connectivity index (χ2n) is 3.50. The zero-order valence-electron chi connectivity index (χ0n) is 8.21. The Morgan fingerprint density at radius 1 is 1.54 bits per heavy atom. The molecule has 4 heteroatoms. The molecule has 0 aliphatic carbocycles. The van der Waals surface area contributed by atoms with Gasteiger partial charge in [-0.05, 0) is 33.2 Å². The molecule has 1 aliphatic heterocycles. The zero-order valence-corrected chi connectivity index (χ0v) is 8.21. The highest BCUT2D eigenvalue weighted by molar-refractivity contribution is 5.60. The van der Waals surface area contributed by atoms with E-state index in [9.17, 15) is 4.79 Å². The van der Waals surface area contributed by atoms with E-state index in [1.807, 2.05) is 0 Å². The highest BCUT2D eigenvalue weighted by atomic mass is 16.7. The van der Waals surface area contributed by atoms with Gasteiger partial charge in [0.1, 0.15) is 6.10 Å². The summed E-state index contributed by atoms with van der Waals surface area (Å²) in [4.78, 5) is 11.0. The molecule has 1 heterocycles. The quantitative estimate of drug-likeness (QED) is 0.662. The van der Waals surface area contributed by atoms with E-state index in [1.165, 1.54) is 0 Å². The Bertz CT molecular complexity index is 164. The lowest BCUT2D eigenvalue weighted by Gasteiger charge is -2.22. The number of carbonyl (C=O) groups excluding carboxylic acids is 1. The van der Waals surface area contributed by atoms with E-state index >= 15 is 0 Å². The molecule has 76 valence electrons. The Kier molecular flexibility index (Phi) is 4.02. The largest absolute Gasteiger partial charge is 0.508 e. The molecule has 0 radical (unpaired) electrons. The second kappa shape index (κ2) is 5.07. The molecule has 0 spiro atoms. The van der Waals surface area contributed by atoms with Crippen LogP contribution in [0.1, 0.15) is 26.7 Å². The average Bonchev–Trinajstić information content (AvgIpc) is 2.04. The van der Waals surface area contributed by atoms with Crippen LogP contribution < -0.4 is 5.32 Å². The van der Waals surface area contributed by atoms with Crippen molar-refractivity contribution in [1.29, 1.82) is 0 Å². The van der Waals surface area contributed by atoms with Crippen LogP contribution >= 0.6 is 0 Å². The maximum Gasteiger partial charge on any atom is 0.508 e. The Balaban J connectivity index is 2.18. The van der Waals surface area contributed by atoms with Gasteiger partial charge >= 0.3 is 6.16 Å². The van der Waals surface area contributed by atoms with E-state index < -0.39 is 6.16 Å². The number of hydrogen-bond acceptors (Lipinski definition) is 4. The third-order valence-corrected chi connectivity index (χ3v) is 1.85. The molecule has 0 aromatic rings. The second-order valence-corrected chi connectivity index (χ2v) is 3.50. The molecule has 1 atom stereocenters. The molecule has 1 aliphatic rings. The van der Waals surface area contributed by atoms with Crippen LogP contribution in [0, 0.1) is 0 Å². The molecule has 1 rings (SSSR count). The van der Waals surface area contributed by atoms with Crippen LogP contribution in [0.5, 0.6) is 0 Å². The Morgan fingerprint density at radius 3 is 2.85 bits per heavy atom. The molecule has 1 fully saturated rings. The molecule has 0 unspecified atom stereocenters. The molecule has 0 saturated carbocycles. The van der Waals surface area contributed by atoms with E-state index in [4.69, 9.17) is 9.47 Å². The van der Waals surface area contributed by atoms with Crippen LogP contribution in [-0.4, -0.2) is 31.5 Å². The Hall–Kier alpha value is -0.770. The van der Waals surface area contributed by atoms with E-state index in [1.54, 1.807) is 13.8 Å². The van der Waals surface area contributed by atoms with Gasteiger partial charge in [0.2, 0.25) is 0 Å². The van der Waals surface area contributed by atoms with Gasteiger partial charge in [-0.2, -0.15) is 0 Å². The van der Waals surface area contributed by atoms with Crippen LogP contribution in [0.4, 0.5) is 4.79 Å². The molecule has 0 bridgehead atoms. The molecule has 13 heavy (non-hydrogen) atoms. The standard InChI is InChI=1S/C9H17NO3/c1-7(2)12-9(11)13-8-4-3-5-10-6-8/h7-8,10H,3-6H2,1-2H3/t8-/m0/s1. The summed E-state index contributed by atoms with van der Waals surface area (Å²) in [6.45, 7) is 5.37. The van der Waals surface area contributed by atoms with Gasteiger partial charge in [0.15, 0.2) is 0 Å². The number of piperidine rings is 1. The van der Waals surface area contributed by atoms with Crippen LogP contribution in [0.3, 0.4) is 0 Å². The van der Waals surface area contributed by atoms with E-state index in [2.05, 4.69) is 5.32 Å². The predicted octanol–water partition coefficient (Wildman–Crippen LogP) is 1.30. The third kappa shape index (κ3) is 4.12. The summed E-state index contributed by atoms with van der Waals surface area (Å²) in [5, 5.41) is 3.16. The first-order valence-corrected chi connectivity index (χ1v) is 4.76. The molecular formula is C9H17NO3. The van der Waals surface area contributed by atoms with Gasteiger partial charge in [0.05, 0.1) is 6.10 Å². The first-order chi connectivity index (χ1) is 6.18. The van der Waals surface area contributed by atoms with Gasteiger partial charge in [-0.25, -0.2) is 4.79 Å². The highest BCUT2D eigenvalue weighted by Gasteiger charge is 2.18. The van der Waals surface area contributed by atoms with Gasteiger partial charge in [0.25, 0.3) is 0 Å². The first-order valence-electron chi connectivity index (χ1n) is 4.76. The Labute approximate surface area is 78.6 Å². The van der Waals surface area contributed by atoms with Crippen molar-refractivity contribution in [2.24, 2.45) is 0 Å². The van der Waals surface area contributed by atoms with Crippen molar-refractivity contribution >= 4 is 6.16 Å². The molecule has 4 nitrogen and oxygen atoms in total. The van der Waals surface area contributed by atoms with Gasteiger partial charge in [0, 0.05) is 6.54 Å². The smallest absolute Gasteiger partial charge is 0.432 e. The van der Waals surface area contributed by atoms with Gasteiger partial charge < -0.3 is 14.8 Å². The SMILES string of the molecule is CC(C)OC(=O)O[C@H]1CCCNC1. The predicted molar refractivity (Wildman–Crippen MR) is 48.6 cm³/mol. The van der Waals surface area contributed by atoms with Crippen molar-refractivity contribution < 1.29 is 14.3 Å². The maximum atomic E-state index is 11.0. The lowest BCUT2D eigenvalue weighted by atomic mass is 10.1. The van der Waals surface area contributed by atoms with Crippen LogP contribution in [0.25, 0.3) is 0 Å². The normalized spacial score (nSPS) is 22.8. The molecule has 1 saturated heterocycles. The fourth-order valence-corrected chi connectivity index (χ4v) is 1.28. The number of carbonyl (C=O) groups is 1. The van der Waals surface area contributed by atoms with E-state index in [0.29, 0.717) is 0 Å². The number of rotatable bonds is 2. The summed E-state index contributed by atoms with van der Waals surface area (Å²) in [6, 6.07) is 0.